The zero-order valence-corrected chi connectivity index (χ0v) is 14.0. The fraction of sp³-hybridized carbons (Fsp3) is 0.471. The number of nitrogens with zero attached hydrogens (tertiary/aromatic N) is 1. The van der Waals surface area contributed by atoms with E-state index in [0.29, 0.717) is 5.92 Å². The average molecular weight is 304 g/mol. The van der Waals surface area contributed by atoms with Crippen LogP contribution in [0.4, 0.5) is 0 Å². The van der Waals surface area contributed by atoms with Crippen LogP contribution >= 0.6 is 11.3 Å². The standard InChI is InChI=1S/C17H24N2OS/c1-5-9-20-14-8-6-7-13(10-14)16(18-4)17-19-15(11-21-17)12(2)3/h6-8,10-12,16,18H,5,9H2,1-4H3. The first-order valence-electron chi connectivity index (χ1n) is 7.51. The smallest absolute Gasteiger partial charge is 0.119 e. The summed E-state index contributed by atoms with van der Waals surface area (Å²) in [5.41, 5.74) is 2.35. The highest BCUT2D eigenvalue weighted by Crippen LogP contribution is 2.29. The van der Waals surface area contributed by atoms with Gasteiger partial charge in [-0.3, -0.25) is 0 Å². The number of hydrogen-bond acceptors (Lipinski definition) is 4. The number of benzene rings is 1. The minimum atomic E-state index is 0.118. The van der Waals surface area contributed by atoms with Crippen LogP contribution < -0.4 is 10.1 Å². The van der Waals surface area contributed by atoms with E-state index in [1.165, 1.54) is 5.56 Å². The molecule has 2 aromatic rings. The van der Waals surface area contributed by atoms with Crippen molar-refractivity contribution in [2.45, 2.75) is 39.2 Å². The first-order valence-corrected chi connectivity index (χ1v) is 8.39. The molecule has 21 heavy (non-hydrogen) atoms. The molecule has 0 saturated carbocycles. The fourth-order valence-corrected chi connectivity index (χ4v) is 3.25. The Balaban J connectivity index is 2.23. The molecule has 0 spiro atoms. The second kappa shape index (κ2) is 7.57. The number of aromatic nitrogens is 1. The van der Waals surface area contributed by atoms with E-state index in [-0.39, 0.29) is 6.04 Å². The number of ether oxygens (including phenoxy) is 1. The molecule has 0 saturated heterocycles. The van der Waals surface area contributed by atoms with Crippen molar-refractivity contribution in [3.05, 3.63) is 45.9 Å². The van der Waals surface area contributed by atoms with Crippen LogP contribution in [0.15, 0.2) is 29.6 Å². The Hall–Kier alpha value is -1.39. The lowest BCUT2D eigenvalue weighted by Crippen LogP contribution is -2.17. The SMILES string of the molecule is CCCOc1cccc(C(NC)c2nc(C(C)C)cs2)c1. The van der Waals surface area contributed by atoms with Gasteiger partial charge >= 0.3 is 0 Å². The Morgan fingerprint density at radius 2 is 2.14 bits per heavy atom. The van der Waals surface area contributed by atoms with E-state index < -0.39 is 0 Å². The molecule has 4 heteroatoms. The molecule has 0 aliphatic carbocycles. The van der Waals surface area contributed by atoms with Crippen LogP contribution in [0.2, 0.25) is 0 Å². The monoisotopic (exact) mass is 304 g/mol. The van der Waals surface area contributed by atoms with Gasteiger partial charge in [-0.05, 0) is 37.1 Å². The highest BCUT2D eigenvalue weighted by molar-refractivity contribution is 7.09. The molecule has 1 unspecified atom stereocenters. The van der Waals surface area contributed by atoms with E-state index in [4.69, 9.17) is 9.72 Å². The second-order valence-electron chi connectivity index (χ2n) is 5.41. The van der Waals surface area contributed by atoms with Gasteiger partial charge in [0.2, 0.25) is 0 Å². The van der Waals surface area contributed by atoms with Gasteiger partial charge in [0.25, 0.3) is 0 Å². The number of thiazole rings is 1. The number of rotatable bonds is 7. The molecule has 0 aliphatic rings. The van der Waals surface area contributed by atoms with Crippen LogP contribution in [-0.2, 0) is 0 Å². The van der Waals surface area contributed by atoms with Crippen LogP contribution in [0.25, 0.3) is 0 Å². The Morgan fingerprint density at radius 1 is 1.33 bits per heavy atom. The molecule has 3 nitrogen and oxygen atoms in total. The van der Waals surface area contributed by atoms with E-state index in [0.717, 1.165) is 29.5 Å². The van der Waals surface area contributed by atoms with Crippen molar-refractivity contribution in [3.63, 3.8) is 0 Å². The molecule has 0 radical (unpaired) electrons. The highest BCUT2D eigenvalue weighted by Gasteiger charge is 2.17. The van der Waals surface area contributed by atoms with Gasteiger partial charge < -0.3 is 10.1 Å². The maximum atomic E-state index is 5.73. The molecule has 0 fully saturated rings. The lowest BCUT2D eigenvalue weighted by molar-refractivity contribution is 0.317. The molecule has 1 heterocycles. The van der Waals surface area contributed by atoms with Crippen LogP contribution in [0.5, 0.6) is 5.75 Å². The van der Waals surface area contributed by atoms with E-state index in [2.05, 4.69) is 43.6 Å². The molecular formula is C17H24N2OS. The third kappa shape index (κ3) is 4.05. The van der Waals surface area contributed by atoms with Crippen molar-refractivity contribution in [2.75, 3.05) is 13.7 Å². The van der Waals surface area contributed by atoms with Gasteiger partial charge in [-0.1, -0.05) is 32.9 Å². The number of nitrogens with one attached hydrogen (secondary N) is 1. The van der Waals surface area contributed by atoms with Crippen LogP contribution in [0, 0.1) is 0 Å². The van der Waals surface area contributed by atoms with Crippen molar-refractivity contribution in [1.29, 1.82) is 0 Å². The highest BCUT2D eigenvalue weighted by atomic mass is 32.1. The Morgan fingerprint density at radius 3 is 2.76 bits per heavy atom. The quantitative estimate of drug-likeness (QED) is 0.825. The van der Waals surface area contributed by atoms with Gasteiger partial charge in [0.15, 0.2) is 0 Å². The summed E-state index contributed by atoms with van der Waals surface area (Å²) in [4.78, 5) is 4.76. The Bertz CT molecular complexity index is 565. The summed E-state index contributed by atoms with van der Waals surface area (Å²) in [6.45, 7) is 7.21. The largest absolute Gasteiger partial charge is 0.494 e. The van der Waals surface area contributed by atoms with E-state index >= 15 is 0 Å². The van der Waals surface area contributed by atoms with Crippen molar-refractivity contribution in [3.8, 4) is 5.75 Å². The molecule has 1 aromatic heterocycles. The summed E-state index contributed by atoms with van der Waals surface area (Å²) in [5, 5.41) is 6.62. The predicted octanol–water partition coefficient (Wildman–Crippen LogP) is 4.36. The van der Waals surface area contributed by atoms with Crippen LogP contribution in [0.1, 0.15) is 55.4 Å². The summed E-state index contributed by atoms with van der Waals surface area (Å²) in [6.07, 6.45) is 1.02. The fourth-order valence-electron chi connectivity index (χ4n) is 2.13. The van der Waals surface area contributed by atoms with E-state index in [9.17, 15) is 0 Å². The molecule has 0 bridgehead atoms. The topological polar surface area (TPSA) is 34.1 Å². The van der Waals surface area contributed by atoms with Gasteiger partial charge in [-0.25, -0.2) is 4.98 Å². The van der Waals surface area contributed by atoms with Crippen molar-refractivity contribution < 1.29 is 4.74 Å². The zero-order valence-electron chi connectivity index (χ0n) is 13.2. The minimum absolute atomic E-state index is 0.118. The number of hydrogen-bond donors (Lipinski definition) is 1. The van der Waals surface area contributed by atoms with E-state index in [1.54, 1.807) is 11.3 Å². The molecular weight excluding hydrogens is 280 g/mol. The van der Waals surface area contributed by atoms with Gasteiger partial charge in [0, 0.05) is 5.38 Å². The molecule has 0 aliphatic heterocycles. The summed E-state index contributed by atoms with van der Waals surface area (Å²) >= 11 is 1.71. The lowest BCUT2D eigenvalue weighted by Gasteiger charge is -2.15. The minimum Gasteiger partial charge on any atom is -0.494 e. The molecule has 114 valence electrons. The van der Waals surface area contributed by atoms with Crippen LogP contribution in [-0.4, -0.2) is 18.6 Å². The average Bonchev–Trinajstić information content (AvgIpc) is 2.96. The molecule has 1 N–H and O–H groups in total. The summed E-state index contributed by atoms with van der Waals surface area (Å²) in [6, 6.07) is 8.39. The van der Waals surface area contributed by atoms with Crippen molar-refractivity contribution in [2.24, 2.45) is 0 Å². The van der Waals surface area contributed by atoms with Crippen molar-refractivity contribution in [1.82, 2.24) is 10.3 Å². The second-order valence-corrected chi connectivity index (χ2v) is 6.30. The molecule has 0 amide bonds. The van der Waals surface area contributed by atoms with Crippen LogP contribution in [0.3, 0.4) is 0 Å². The van der Waals surface area contributed by atoms with Gasteiger partial charge in [0.1, 0.15) is 10.8 Å². The molecule has 1 atom stereocenters. The Labute approximate surface area is 131 Å². The first-order chi connectivity index (χ1) is 10.2. The molecule has 1 aromatic carbocycles. The lowest BCUT2D eigenvalue weighted by atomic mass is 10.1. The maximum Gasteiger partial charge on any atom is 0.119 e. The molecule has 2 rings (SSSR count). The third-order valence-corrected chi connectivity index (χ3v) is 4.26. The summed E-state index contributed by atoms with van der Waals surface area (Å²) < 4.78 is 5.73. The van der Waals surface area contributed by atoms with Gasteiger partial charge in [-0.15, -0.1) is 11.3 Å². The predicted molar refractivity (Wildman–Crippen MR) is 89.3 cm³/mol. The summed E-state index contributed by atoms with van der Waals surface area (Å²) in [7, 11) is 1.97. The van der Waals surface area contributed by atoms with Gasteiger partial charge in [-0.2, -0.15) is 0 Å². The van der Waals surface area contributed by atoms with Crippen molar-refractivity contribution >= 4 is 11.3 Å². The normalized spacial score (nSPS) is 12.6. The Kier molecular flexibility index (Phi) is 5.76. The first kappa shape index (κ1) is 16.0. The summed E-state index contributed by atoms with van der Waals surface area (Å²) in [5.74, 6) is 1.39. The van der Waals surface area contributed by atoms with E-state index in [1.807, 2.05) is 19.2 Å². The maximum absolute atomic E-state index is 5.73. The zero-order chi connectivity index (χ0) is 15.2. The van der Waals surface area contributed by atoms with Gasteiger partial charge in [0.05, 0.1) is 18.3 Å². The third-order valence-electron chi connectivity index (χ3n) is 3.33.